The van der Waals surface area contributed by atoms with Gasteiger partial charge in [-0.2, -0.15) is 5.10 Å². The first kappa shape index (κ1) is 15.5. The molecule has 0 saturated carbocycles. The maximum Gasteiger partial charge on any atom is 0.132 e. The Morgan fingerprint density at radius 3 is 2.71 bits per heavy atom. The second-order valence-electron chi connectivity index (χ2n) is 5.00. The predicted octanol–water partition coefficient (Wildman–Crippen LogP) is 3.42. The molecule has 2 aromatic rings. The molecule has 0 spiro atoms. The Kier molecular flexibility index (Phi) is 5.33. The summed E-state index contributed by atoms with van der Waals surface area (Å²) in [7, 11) is 0. The number of halogens is 1. The summed E-state index contributed by atoms with van der Waals surface area (Å²) in [5, 5.41) is 4.53. The maximum absolute atomic E-state index is 13.1. The lowest BCUT2D eigenvalue weighted by Crippen LogP contribution is -2.09. The third kappa shape index (κ3) is 3.82. The van der Waals surface area contributed by atoms with Crippen LogP contribution in [0.2, 0.25) is 0 Å². The molecular formula is C16H22FN3O. The molecule has 0 unspecified atom stereocenters. The van der Waals surface area contributed by atoms with Crippen molar-refractivity contribution in [3.05, 3.63) is 47.5 Å². The first-order valence-electron chi connectivity index (χ1n) is 7.33. The van der Waals surface area contributed by atoms with Crippen LogP contribution in [0.15, 0.2) is 30.5 Å². The Morgan fingerprint density at radius 1 is 1.29 bits per heavy atom. The summed E-state index contributed by atoms with van der Waals surface area (Å²) in [6, 6.07) is 6.75. The van der Waals surface area contributed by atoms with Gasteiger partial charge >= 0.3 is 0 Å². The molecule has 1 heterocycles. The molecule has 2 N–H and O–H groups in total. The van der Waals surface area contributed by atoms with Gasteiger partial charge in [-0.3, -0.25) is 4.68 Å². The molecule has 2 rings (SSSR count). The van der Waals surface area contributed by atoms with Gasteiger partial charge in [-0.25, -0.2) is 4.39 Å². The fourth-order valence-corrected chi connectivity index (χ4v) is 2.32. The van der Waals surface area contributed by atoms with Crippen molar-refractivity contribution in [2.75, 3.05) is 0 Å². The summed E-state index contributed by atoms with van der Waals surface area (Å²) < 4.78 is 20.8. The van der Waals surface area contributed by atoms with E-state index >= 15 is 0 Å². The molecule has 0 bridgehead atoms. The van der Waals surface area contributed by atoms with Crippen molar-refractivity contribution in [1.82, 2.24) is 9.78 Å². The fourth-order valence-electron chi connectivity index (χ4n) is 2.32. The first-order valence-corrected chi connectivity index (χ1v) is 7.33. The second kappa shape index (κ2) is 7.22. The van der Waals surface area contributed by atoms with Gasteiger partial charge in [0.15, 0.2) is 0 Å². The normalized spacial score (nSPS) is 11.1. The average molecular weight is 291 g/mol. The molecule has 1 aromatic heterocycles. The van der Waals surface area contributed by atoms with E-state index in [4.69, 9.17) is 10.5 Å². The van der Waals surface area contributed by atoms with Gasteiger partial charge in [0.1, 0.15) is 18.2 Å². The molecule has 0 radical (unpaired) electrons. The highest BCUT2D eigenvalue weighted by Crippen LogP contribution is 2.21. The quantitative estimate of drug-likeness (QED) is 0.850. The molecule has 0 saturated heterocycles. The average Bonchev–Trinajstić information content (AvgIpc) is 2.96. The van der Waals surface area contributed by atoms with Crippen LogP contribution >= 0.6 is 0 Å². The summed E-state index contributed by atoms with van der Waals surface area (Å²) in [5.74, 6) is 0.303. The summed E-state index contributed by atoms with van der Waals surface area (Å²) in [6.07, 6.45) is 4.08. The molecular weight excluding hydrogens is 269 g/mol. The Bertz CT molecular complexity index is 579. The van der Waals surface area contributed by atoms with E-state index in [1.165, 1.54) is 12.1 Å². The Morgan fingerprint density at radius 2 is 2.05 bits per heavy atom. The molecule has 0 amide bonds. The zero-order valence-corrected chi connectivity index (χ0v) is 12.6. The van der Waals surface area contributed by atoms with Crippen LogP contribution < -0.4 is 10.5 Å². The van der Waals surface area contributed by atoms with Gasteiger partial charge in [-0.1, -0.05) is 13.8 Å². The topological polar surface area (TPSA) is 53.1 Å². The lowest BCUT2D eigenvalue weighted by atomic mass is 10.2. The molecule has 0 atom stereocenters. The van der Waals surface area contributed by atoms with Crippen molar-refractivity contribution >= 4 is 0 Å². The van der Waals surface area contributed by atoms with Gasteiger partial charge in [0, 0.05) is 18.3 Å². The van der Waals surface area contributed by atoms with Crippen LogP contribution in [0.1, 0.15) is 44.0 Å². The van der Waals surface area contributed by atoms with Crippen molar-refractivity contribution in [2.24, 2.45) is 5.73 Å². The third-order valence-corrected chi connectivity index (χ3v) is 3.60. The molecule has 0 aliphatic carbocycles. The zero-order valence-electron chi connectivity index (χ0n) is 12.6. The van der Waals surface area contributed by atoms with E-state index in [0.29, 0.717) is 24.0 Å². The highest BCUT2D eigenvalue weighted by Gasteiger charge is 2.09. The van der Waals surface area contributed by atoms with Crippen LogP contribution in [-0.2, 0) is 13.2 Å². The van der Waals surface area contributed by atoms with E-state index in [2.05, 4.69) is 18.9 Å². The molecule has 0 fully saturated rings. The Labute approximate surface area is 124 Å². The number of nitrogens with zero attached hydrogens (tertiary/aromatic N) is 2. The van der Waals surface area contributed by atoms with Crippen molar-refractivity contribution in [3.8, 4) is 5.75 Å². The smallest absolute Gasteiger partial charge is 0.132 e. The summed E-state index contributed by atoms with van der Waals surface area (Å²) in [4.78, 5) is 0. The number of hydrogen-bond acceptors (Lipinski definition) is 3. The van der Waals surface area contributed by atoms with Crippen LogP contribution in [0.4, 0.5) is 4.39 Å². The number of ether oxygens (including phenoxy) is 1. The first-order chi connectivity index (χ1) is 10.2. The van der Waals surface area contributed by atoms with E-state index < -0.39 is 0 Å². The molecule has 0 aliphatic rings. The van der Waals surface area contributed by atoms with Gasteiger partial charge in [0.2, 0.25) is 0 Å². The second-order valence-corrected chi connectivity index (χ2v) is 5.00. The lowest BCUT2D eigenvalue weighted by molar-refractivity contribution is 0.293. The van der Waals surface area contributed by atoms with Crippen LogP contribution in [0.5, 0.6) is 5.75 Å². The zero-order chi connectivity index (χ0) is 15.2. The SMILES string of the molecule is CCC(CC)n1ccc(COc2ccc(F)cc2CN)n1. The summed E-state index contributed by atoms with van der Waals surface area (Å²) >= 11 is 0. The minimum absolute atomic E-state index is 0.245. The summed E-state index contributed by atoms with van der Waals surface area (Å²) in [5.41, 5.74) is 7.12. The van der Waals surface area contributed by atoms with E-state index in [1.807, 2.05) is 16.9 Å². The van der Waals surface area contributed by atoms with Crippen LogP contribution in [0, 0.1) is 5.82 Å². The molecule has 4 nitrogen and oxygen atoms in total. The van der Waals surface area contributed by atoms with Gasteiger partial charge in [-0.15, -0.1) is 0 Å². The van der Waals surface area contributed by atoms with E-state index in [0.717, 1.165) is 18.5 Å². The van der Waals surface area contributed by atoms with Gasteiger partial charge in [-0.05, 0) is 37.1 Å². The number of nitrogens with two attached hydrogens (primary N) is 1. The summed E-state index contributed by atoms with van der Waals surface area (Å²) in [6.45, 7) is 4.90. The molecule has 114 valence electrons. The van der Waals surface area contributed by atoms with E-state index in [1.54, 1.807) is 6.07 Å². The lowest BCUT2D eigenvalue weighted by Gasteiger charge is -2.12. The maximum atomic E-state index is 13.1. The fraction of sp³-hybridized carbons (Fsp3) is 0.438. The minimum atomic E-state index is -0.305. The third-order valence-electron chi connectivity index (χ3n) is 3.60. The van der Waals surface area contributed by atoms with Gasteiger partial charge in [0.25, 0.3) is 0 Å². The van der Waals surface area contributed by atoms with Crippen LogP contribution in [0.25, 0.3) is 0 Å². The standard InChI is InChI=1S/C16H22FN3O/c1-3-15(4-2)20-8-7-14(19-20)11-21-16-6-5-13(17)9-12(16)10-18/h5-9,15H,3-4,10-11,18H2,1-2H3. The molecule has 1 aromatic carbocycles. The largest absolute Gasteiger partial charge is 0.487 e. The number of aromatic nitrogens is 2. The van der Waals surface area contributed by atoms with E-state index in [9.17, 15) is 4.39 Å². The predicted molar refractivity (Wildman–Crippen MR) is 80.5 cm³/mol. The minimum Gasteiger partial charge on any atom is -0.487 e. The highest BCUT2D eigenvalue weighted by molar-refractivity contribution is 5.33. The monoisotopic (exact) mass is 291 g/mol. The highest BCUT2D eigenvalue weighted by atomic mass is 19.1. The molecule has 0 aliphatic heterocycles. The number of benzene rings is 1. The van der Waals surface area contributed by atoms with Crippen LogP contribution in [0.3, 0.4) is 0 Å². The Balaban J connectivity index is 2.03. The van der Waals surface area contributed by atoms with Crippen molar-refractivity contribution in [2.45, 2.75) is 45.9 Å². The van der Waals surface area contributed by atoms with Crippen molar-refractivity contribution < 1.29 is 9.13 Å². The molecule has 5 heteroatoms. The number of rotatable bonds is 7. The van der Waals surface area contributed by atoms with E-state index in [-0.39, 0.29) is 12.4 Å². The van der Waals surface area contributed by atoms with Crippen LogP contribution in [-0.4, -0.2) is 9.78 Å². The Hall–Kier alpha value is -1.88. The van der Waals surface area contributed by atoms with Crippen molar-refractivity contribution in [3.63, 3.8) is 0 Å². The number of hydrogen-bond donors (Lipinski definition) is 1. The molecule has 21 heavy (non-hydrogen) atoms. The van der Waals surface area contributed by atoms with Gasteiger partial charge in [0.05, 0.1) is 11.7 Å². The van der Waals surface area contributed by atoms with Gasteiger partial charge < -0.3 is 10.5 Å². The van der Waals surface area contributed by atoms with Crippen molar-refractivity contribution in [1.29, 1.82) is 0 Å².